The highest BCUT2D eigenvalue weighted by Crippen LogP contribution is 2.20. The molecular formula is C18H24N3O2S+. The van der Waals surface area contributed by atoms with E-state index in [1.165, 1.54) is 9.78 Å². The number of thiophene rings is 1. The highest BCUT2D eigenvalue weighted by molar-refractivity contribution is 7.10. The molecule has 2 amide bonds. The number of para-hydroxylation sites is 1. The maximum Gasteiger partial charge on any atom is 0.319 e. The number of ether oxygens (including phenoxy) is 1. The molecular weight excluding hydrogens is 322 g/mol. The van der Waals surface area contributed by atoms with Gasteiger partial charge in [-0.15, -0.1) is 11.3 Å². The Hall–Kier alpha value is -1.89. The van der Waals surface area contributed by atoms with Crippen LogP contribution in [0.2, 0.25) is 0 Å². The summed E-state index contributed by atoms with van der Waals surface area (Å²) in [6.07, 6.45) is 0. The Morgan fingerprint density at radius 2 is 1.92 bits per heavy atom. The van der Waals surface area contributed by atoms with Crippen molar-refractivity contribution in [3.05, 3.63) is 52.7 Å². The number of hydrogen-bond acceptors (Lipinski definition) is 3. The van der Waals surface area contributed by atoms with Crippen LogP contribution < -0.4 is 15.5 Å². The number of hydrogen-bond donors (Lipinski definition) is 3. The summed E-state index contributed by atoms with van der Waals surface area (Å²) in [6.45, 7) is 5.57. The van der Waals surface area contributed by atoms with E-state index >= 15 is 0 Å². The van der Waals surface area contributed by atoms with Crippen LogP contribution in [0.1, 0.15) is 17.8 Å². The third-order valence-corrected chi connectivity index (χ3v) is 5.27. The lowest BCUT2D eigenvalue weighted by Crippen LogP contribution is -3.15. The zero-order valence-electron chi connectivity index (χ0n) is 13.8. The Labute approximate surface area is 146 Å². The Morgan fingerprint density at radius 1 is 1.17 bits per heavy atom. The van der Waals surface area contributed by atoms with Crippen molar-refractivity contribution in [2.24, 2.45) is 0 Å². The third kappa shape index (κ3) is 4.35. The Morgan fingerprint density at radius 3 is 2.58 bits per heavy atom. The zero-order chi connectivity index (χ0) is 16.8. The molecule has 1 saturated heterocycles. The fourth-order valence-electron chi connectivity index (χ4n) is 3.19. The monoisotopic (exact) mass is 346 g/mol. The van der Waals surface area contributed by atoms with Gasteiger partial charge >= 0.3 is 6.03 Å². The first kappa shape index (κ1) is 17.0. The van der Waals surface area contributed by atoms with Gasteiger partial charge in [0, 0.05) is 5.69 Å². The van der Waals surface area contributed by atoms with Crippen LogP contribution in [0.3, 0.4) is 0 Å². The lowest BCUT2D eigenvalue weighted by molar-refractivity contribution is -0.939. The van der Waals surface area contributed by atoms with E-state index in [2.05, 4.69) is 35.1 Å². The van der Waals surface area contributed by atoms with Crippen molar-refractivity contribution in [1.29, 1.82) is 0 Å². The molecule has 0 unspecified atom stereocenters. The predicted octanol–water partition coefficient (Wildman–Crippen LogP) is 1.91. The Kier molecular flexibility index (Phi) is 5.85. The van der Waals surface area contributed by atoms with Crippen LogP contribution in [-0.4, -0.2) is 38.4 Å². The van der Waals surface area contributed by atoms with Gasteiger partial charge in [0.25, 0.3) is 0 Å². The van der Waals surface area contributed by atoms with Crippen LogP contribution in [0.25, 0.3) is 0 Å². The lowest BCUT2D eigenvalue weighted by Gasteiger charge is -2.34. The number of quaternary nitrogens is 1. The van der Waals surface area contributed by atoms with Gasteiger partial charge in [-0.2, -0.15) is 0 Å². The minimum absolute atomic E-state index is 0.0282. The van der Waals surface area contributed by atoms with Gasteiger partial charge in [-0.05, 0) is 30.5 Å². The molecule has 5 nitrogen and oxygen atoms in total. The van der Waals surface area contributed by atoms with Crippen molar-refractivity contribution in [3.8, 4) is 0 Å². The van der Waals surface area contributed by atoms with E-state index in [9.17, 15) is 4.79 Å². The molecule has 1 fully saturated rings. The van der Waals surface area contributed by atoms with Crippen LogP contribution in [0.4, 0.5) is 10.5 Å². The molecule has 1 aromatic heterocycles. The number of morpholine rings is 1. The predicted molar refractivity (Wildman–Crippen MR) is 96.6 cm³/mol. The molecule has 1 aliphatic heterocycles. The highest BCUT2D eigenvalue weighted by atomic mass is 32.1. The summed E-state index contributed by atoms with van der Waals surface area (Å²) in [5, 5.41) is 8.10. The number of nitrogens with one attached hydrogen (secondary N) is 3. The molecule has 0 aliphatic carbocycles. The van der Waals surface area contributed by atoms with Gasteiger partial charge in [0.1, 0.15) is 19.1 Å². The molecule has 1 aliphatic rings. The summed E-state index contributed by atoms with van der Waals surface area (Å²) in [7, 11) is 0. The number of benzene rings is 1. The van der Waals surface area contributed by atoms with Gasteiger partial charge in [-0.3, -0.25) is 0 Å². The molecule has 1 aromatic carbocycles. The average Bonchev–Trinajstić information content (AvgIpc) is 3.11. The molecule has 24 heavy (non-hydrogen) atoms. The summed E-state index contributed by atoms with van der Waals surface area (Å²) in [4.78, 5) is 15.1. The highest BCUT2D eigenvalue weighted by Gasteiger charge is 2.33. The van der Waals surface area contributed by atoms with Crippen LogP contribution in [-0.2, 0) is 4.74 Å². The van der Waals surface area contributed by atoms with Gasteiger partial charge in [0.05, 0.1) is 24.1 Å². The van der Waals surface area contributed by atoms with Crippen LogP contribution in [0.15, 0.2) is 47.8 Å². The Balaban J connectivity index is 1.66. The van der Waals surface area contributed by atoms with Crippen LogP contribution in [0, 0.1) is 0 Å². The number of rotatable bonds is 5. The van der Waals surface area contributed by atoms with E-state index in [-0.39, 0.29) is 18.1 Å². The van der Waals surface area contributed by atoms with E-state index in [0.29, 0.717) is 0 Å². The van der Waals surface area contributed by atoms with Gasteiger partial charge < -0.3 is 20.3 Å². The van der Waals surface area contributed by atoms with Crippen molar-refractivity contribution in [2.75, 3.05) is 31.6 Å². The van der Waals surface area contributed by atoms with Gasteiger partial charge in [-0.1, -0.05) is 24.3 Å². The molecule has 2 heterocycles. The number of carbonyl (C=O) groups is 1. The summed E-state index contributed by atoms with van der Waals surface area (Å²) in [5.74, 6) is 0. The van der Waals surface area contributed by atoms with Crippen molar-refractivity contribution in [2.45, 2.75) is 19.0 Å². The topological polar surface area (TPSA) is 54.8 Å². The molecule has 0 saturated carbocycles. The maximum absolute atomic E-state index is 12.3. The van der Waals surface area contributed by atoms with E-state index < -0.39 is 0 Å². The standard InChI is InChI=1S/C18H23N3O2S/c1-14(19-18(22)20-15-6-3-2-4-7-15)17(16-8-5-13-24-16)21-9-11-23-12-10-21/h2-8,13-14,17H,9-12H2,1H3,(H2,19,20,22)/p+1/t14-,17+/m0/s1. The molecule has 6 heteroatoms. The molecule has 2 atom stereocenters. The fourth-order valence-corrected chi connectivity index (χ4v) is 4.18. The van der Waals surface area contributed by atoms with Crippen molar-refractivity contribution in [1.82, 2.24) is 5.32 Å². The third-order valence-electron chi connectivity index (χ3n) is 4.31. The van der Waals surface area contributed by atoms with Crippen molar-refractivity contribution >= 4 is 23.1 Å². The SMILES string of the molecule is C[C@H](NC(=O)Nc1ccccc1)[C@H](c1cccs1)[NH+]1CCOCC1. The number of anilines is 1. The first-order chi connectivity index (χ1) is 11.7. The second-order valence-electron chi connectivity index (χ2n) is 6.02. The second kappa shape index (κ2) is 8.28. The minimum atomic E-state index is -0.164. The summed E-state index contributed by atoms with van der Waals surface area (Å²) >= 11 is 1.75. The molecule has 3 N–H and O–H groups in total. The number of amides is 2. The van der Waals surface area contributed by atoms with E-state index in [1.54, 1.807) is 11.3 Å². The van der Waals surface area contributed by atoms with Gasteiger partial charge in [0.2, 0.25) is 0 Å². The number of carbonyl (C=O) groups excluding carboxylic acids is 1. The maximum atomic E-state index is 12.3. The Bertz CT molecular complexity index is 627. The minimum Gasteiger partial charge on any atom is -0.370 e. The summed E-state index contributed by atoms with van der Waals surface area (Å²) in [6, 6.07) is 13.9. The van der Waals surface area contributed by atoms with Crippen LogP contribution in [0.5, 0.6) is 0 Å². The zero-order valence-corrected chi connectivity index (χ0v) is 14.6. The van der Waals surface area contributed by atoms with Crippen molar-refractivity contribution < 1.29 is 14.4 Å². The molecule has 0 radical (unpaired) electrons. The summed E-state index contributed by atoms with van der Waals surface area (Å²) < 4.78 is 5.49. The van der Waals surface area contributed by atoms with E-state index in [0.717, 1.165) is 32.0 Å². The molecule has 3 rings (SSSR count). The molecule has 0 spiro atoms. The first-order valence-electron chi connectivity index (χ1n) is 8.32. The average molecular weight is 346 g/mol. The quantitative estimate of drug-likeness (QED) is 0.775. The van der Waals surface area contributed by atoms with Crippen LogP contribution >= 0.6 is 11.3 Å². The smallest absolute Gasteiger partial charge is 0.319 e. The van der Waals surface area contributed by atoms with Crippen molar-refractivity contribution in [3.63, 3.8) is 0 Å². The van der Waals surface area contributed by atoms with Gasteiger partial charge in [0.15, 0.2) is 0 Å². The molecule has 2 aromatic rings. The first-order valence-corrected chi connectivity index (χ1v) is 9.20. The lowest BCUT2D eigenvalue weighted by atomic mass is 10.1. The molecule has 0 bridgehead atoms. The second-order valence-corrected chi connectivity index (χ2v) is 7.00. The largest absolute Gasteiger partial charge is 0.370 e. The normalized spacial score (nSPS) is 17.9. The van der Waals surface area contributed by atoms with Gasteiger partial charge in [-0.25, -0.2) is 4.79 Å². The molecule has 128 valence electrons. The fraction of sp³-hybridized carbons (Fsp3) is 0.389. The number of urea groups is 1. The summed E-state index contributed by atoms with van der Waals surface area (Å²) in [5.41, 5.74) is 0.800. The van der Waals surface area contributed by atoms with E-state index in [1.807, 2.05) is 30.3 Å². The van der Waals surface area contributed by atoms with E-state index in [4.69, 9.17) is 4.74 Å².